The predicted molar refractivity (Wildman–Crippen MR) is 92.7 cm³/mol. The highest BCUT2D eigenvalue weighted by atomic mass is 19.4. The Labute approximate surface area is 153 Å². The zero-order valence-electron chi connectivity index (χ0n) is 14.1. The maximum Gasteiger partial charge on any atom is 0.416 e. The standard InChI is InChI=1S/C20H16F3NO3/c21-20(22,23)16-6-2-5-15(10-16)17-7-8-18(27-17)19(26)24-11-13-3-1-4-14(9-13)12-25/h1-10,25H,11-12H2,(H,24,26). The Morgan fingerprint density at radius 3 is 2.48 bits per heavy atom. The van der Waals surface area contributed by atoms with E-state index >= 15 is 0 Å². The molecule has 0 unspecified atom stereocenters. The lowest BCUT2D eigenvalue weighted by molar-refractivity contribution is -0.137. The fraction of sp³-hybridized carbons (Fsp3) is 0.150. The maximum absolute atomic E-state index is 12.8. The first-order valence-corrected chi connectivity index (χ1v) is 8.11. The predicted octanol–water partition coefficient (Wildman–Crippen LogP) is 4.39. The number of aliphatic hydroxyl groups is 1. The molecule has 4 nitrogen and oxygen atoms in total. The summed E-state index contributed by atoms with van der Waals surface area (Å²) < 4.78 is 43.9. The summed E-state index contributed by atoms with van der Waals surface area (Å²) in [5.41, 5.74) is 0.983. The fourth-order valence-electron chi connectivity index (χ4n) is 2.57. The van der Waals surface area contributed by atoms with Crippen LogP contribution in [0.4, 0.5) is 13.2 Å². The van der Waals surface area contributed by atoms with Crippen molar-refractivity contribution in [3.05, 3.63) is 83.1 Å². The molecule has 0 fully saturated rings. The van der Waals surface area contributed by atoms with Gasteiger partial charge in [0.25, 0.3) is 5.91 Å². The van der Waals surface area contributed by atoms with Gasteiger partial charge in [0.05, 0.1) is 12.2 Å². The summed E-state index contributed by atoms with van der Waals surface area (Å²) in [6.07, 6.45) is -4.45. The smallest absolute Gasteiger partial charge is 0.416 e. The number of benzene rings is 2. The molecule has 1 amide bonds. The molecule has 0 atom stereocenters. The number of amides is 1. The van der Waals surface area contributed by atoms with Crippen LogP contribution in [0, 0.1) is 0 Å². The normalized spacial score (nSPS) is 11.4. The molecule has 0 saturated carbocycles. The van der Waals surface area contributed by atoms with E-state index in [1.54, 1.807) is 24.3 Å². The molecule has 140 valence electrons. The Bertz CT molecular complexity index is 947. The summed E-state index contributed by atoms with van der Waals surface area (Å²) >= 11 is 0. The highest BCUT2D eigenvalue weighted by molar-refractivity contribution is 5.92. The number of rotatable bonds is 5. The molecular weight excluding hydrogens is 359 g/mol. The van der Waals surface area contributed by atoms with E-state index in [1.807, 2.05) is 0 Å². The van der Waals surface area contributed by atoms with E-state index in [-0.39, 0.29) is 30.2 Å². The molecule has 0 aliphatic heterocycles. The summed E-state index contributed by atoms with van der Waals surface area (Å²) in [5, 5.41) is 11.8. The van der Waals surface area contributed by atoms with Gasteiger partial charge in [-0.15, -0.1) is 0 Å². The van der Waals surface area contributed by atoms with Crippen LogP contribution in [0.1, 0.15) is 27.2 Å². The van der Waals surface area contributed by atoms with Crippen LogP contribution in [0.2, 0.25) is 0 Å². The molecule has 1 heterocycles. The number of carbonyl (C=O) groups is 1. The number of alkyl halides is 3. The largest absolute Gasteiger partial charge is 0.451 e. The van der Waals surface area contributed by atoms with Crippen LogP contribution < -0.4 is 5.32 Å². The minimum atomic E-state index is -4.45. The summed E-state index contributed by atoms with van der Waals surface area (Å²) in [7, 11) is 0. The first-order valence-electron chi connectivity index (χ1n) is 8.11. The summed E-state index contributed by atoms with van der Waals surface area (Å²) in [6, 6.07) is 14.7. The van der Waals surface area contributed by atoms with Gasteiger partial charge in [-0.25, -0.2) is 0 Å². The number of hydrogen-bond acceptors (Lipinski definition) is 3. The van der Waals surface area contributed by atoms with Crippen LogP contribution in [0.25, 0.3) is 11.3 Å². The molecule has 0 spiro atoms. The average Bonchev–Trinajstić information content (AvgIpc) is 3.16. The van der Waals surface area contributed by atoms with Crippen molar-refractivity contribution in [1.82, 2.24) is 5.32 Å². The fourth-order valence-corrected chi connectivity index (χ4v) is 2.57. The minimum absolute atomic E-state index is 0.000671. The molecule has 0 saturated heterocycles. The van der Waals surface area contributed by atoms with Gasteiger partial charge < -0.3 is 14.8 Å². The van der Waals surface area contributed by atoms with Gasteiger partial charge in [0.1, 0.15) is 5.76 Å². The van der Waals surface area contributed by atoms with Gasteiger partial charge in [0.2, 0.25) is 0 Å². The number of aliphatic hydroxyl groups excluding tert-OH is 1. The van der Waals surface area contributed by atoms with Gasteiger partial charge in [-0.05, 0) is 35.4 Å². The Balaban J connectivity index is 1.71. The zero-order chi connectivity index (χ0) is 19.4. The molecule has 1 aromatic heterocycles. The Morgan fingerprint density at radius 1 is 1.00 bits per heavy atom. The lowest BCUT2D eigenvalue weighted by atomic mass is 10.1. The van der Waals surface area contributed by atoms with Crippen molar-refractivity contribution in [3.63, 3.8) is 0 Å². The van der Waals surface area contributed by atoms with Gasteiger partial charge >= 0.3 is 6.18 Å². The van der Waals surface area contributed by atoms with Crippen LogP contribution >= 0.6 is 0 Å². The van der Waals surface area contributed by atoms with E-state index < -0.39 is 17.6 Å². The number of hydrogen-bond donors (Lipinski definition) is 2. The molecule has 3 aromatic rings. The number of halogens is 3. The Kier molecular flexibility index (Phi) is 5.32. The van der Waals surface area contributed by atoms with Crippen molar-refractivity contribution in [2.45, 2.75) is 19.3 Å². The van der Waals surface area contributed by atoms with E-state index in [0.29, 0.717) is 0 Å². The van der Waals surface area contributed by atoms with E-state index in [9.17, 15) is 18.0 Å². The van der Waals surface area contributed by atoms with Gasteiger partial charge in [0.15, 0.2) is 5.76 Å². The quantitative estimate of drug-likeness (QED) is 0.695. The first-order chi connectivity index (χ1) is 12.9. The summed E-state index contributed by atoms with van der Waals surface area (Å²) in [4.78, 5) is 12.2. The van der Waals surface area contributed by atoms with Crippen molar-refractivity contribution in [2.75, 3.05) is 0 Å². The van der Waals surface area contributed by atoms with Gasteiger partial charge in [-0.1, -0.05) is 36.4 Å². The highest BCUT2D eigenvalue weighted by Crippen LogP contribution is 2.32. The third kappa shape index (κ3) is 4.57. The van der Waals surface area contributed by atoms with Crippen LogP contribution in [0.15, 0.2) is 65.1 Å². The maximum atomic E-state index is 12.8. The Morgan fingerprint density at radius 2 is 1.74 bits per heavy atom. The van der Waals surface area contributed by atoms with Crippen LogP contribution in [-0.2, 0) is 19.3 Å². The number of nitrogens with one attached hydrogen (secondary N) is 1. The molecule has 0 bridgehead atoms. The molecular formula is C20H16F3NO3. The molecule has 0 radical (unpaired) electrons. The molecule has 3 rings (SSSR count). The SMILES string of the molecule is O=C(NCc1cccc(CO)c1)c1ccc(-c2cccc(C(F)(F)F)c2)o1. The average molecular weight is 375 g/mol. The van der Waals surface area contributed by atoms with Crippen LogP contribution in [0.5, 0.6) is 0 Å². The first kappa shape index (κ1) is 18.7. The van der Waals surface area contributed by atoms with Crippen molar-refractivity contribution in [3.8, 4) is 11.3 Å². The molecule has 0 aliphatic carbocycles. The van der Waals surface area contributed by atoms with Gasteiger partial charge in [-0.2, -0.15) is 13.2 Å². The minimum Gasteiger partial charge on any atom is -0.451 e. The van der Waals surface area contributed by atoms with Crippen molar-refractivity contribution in [1.29, 1.82) is 0 Å². The molecule has 2 aromatic carbocycles. The molecule has 27 heavy (non-hydrogen) atoms. The van der Waals surface area contributed by atoms with E-state index in [4.69, 9.17) is 9.52 Å². The topological polar surface area (TPSA) is 62.5 Å². The van der Waals surface area contributed by atoms with Crippen molar-refractivity contribution in [2.24, 2.45) is 0 Å². The summed E-state index contributed by atoms with van der Waals surface area (Å²) in [5.74, 6) is -0.308. The lowest BCUT2D eigenvalue weighted by Crippen LogP contribution is -2.22. The highest BCUT2D eigenvalue weighted by Gasteiger charge is 2.30. The van der Waals surface area contributed by atoms with Crippen LogP contribution in [-0.4, -0.2) is 11.0 Å². The van der Waals surface area contributed by atoms with E-state index in [0.717, 1.165) is 23.3 Å². The monoisotopic (exact) mass is 375 g/mol. The summed E-state index contributed by atoms with van der Waals surface area (Å²) in [6.45, 7) is 0.132. The van der Waals surface area contributed by atoms with E-state index in [1.165, 1.54) is 24.3 Å². The second-order valence-corrected chi connectivity index (χ2v) is 5.90. The molecule has 7 heteroatoms. The van der Waals surface area contributed by atoms with Crippen molar-refractivity contribution >= 4 is 5.91 Å². The zero-order valence-corrected chi connectivity index (χ0v) is 14.1. The molecule has 2 N–H and O–H groups in total. The lowest BCUT2D eigenvalue weighted by Gasteiger charge is -2.07. The van der Waals surface area contributed by atoms with Crippen LogP contribution in [0.3, 0.4) is 0 Å². The van der Waals surface area contributed by atoms with Gasteiger partial charge in [0, 0.05) is 12.1 Å². The third-order valence-electron chi connectivity index (χ3n) is 3.93. The number of carbonyl (C=O) groups excluding carboxylic acids is 1. The van der Waals surface area contributed by atoms with Crippen molar-refractivity contribution < 1.29 is 27.5 Å². The van der Waals surface area contributed by atoms with E-state index in [2.05, 4.69) is 5.32 Å². The second kappa shape index (κ2) is 7.67. The second-order valence-electron chi connectivity index (χ2n) is 5.90. The van der Waals surface area contributed by atoms with Gasteiger partial charge in [-0.3, -0.25) is 4.79 Å². The number of furan rings is 1. The Hall–Kier alpha value is -3.06. The molecule has 0 aliphatic rings. The third-order valence-corrected chi connectivity index (χ3v) is 3.93.